The SMILES string of the molecule is CPC(CC(=O)O)(C(=O)O)c1cccc2c1Cc1ccccc1-2. The maximum atomic E-state index is 12.0. The van der Waals surface area contributed by atoms with Crippen LogP contribution in [0.3, 0.4) is 0 Å². The van der Waals surface area contributed by atoms with E-state index in [0.717, 1.165) is 22.3 Å². The van der Waals surface area contributed by atoms with Gasteiger partial charge in [-0.15, -0.1) is 8.58 Å². The predicted octanol–water partition coefficient (Wildman–Crippen LogP) is 3.32. The van der Waals surface area contributed by atoms with Crippen molar-refractivity contribution in [2.75, 3.05) is 6.66 Å². The Morgan fingerprint density at radius 2 is 1.78 bits per heavy atom. The number of benzene rings is 2. The lowest BCUT2D eigenvalue weighted by atomic mass is 9.88. The first-order valence-electron chi connectivity index (χ1n) is 7.34. The third-order valence-corrected chi connectivity index (χ3v) is 6.03. The van der Waals surface area contributed by atoms with Crippen LogP contribution in [0.2, 0.25) is 0 Å². The van der Waals surface area contributed by atoms with Crippen molar-refractivity contribution < 1.29 is 19.8 Å². The molecule has 0 spiro atoms. The fourth-order valence-corrected chi connectivity index (χ4v) is 4.45. The van der Waals surface area contributed by atoms with Crippen molar-refractivity contribution in [1.29, 1.82) is 0 Å². The van der Waals surface area contributed by atoms with E-state index in [1.807, 2.05) is 36.4 Å². The molecule has 2 N–H and O–H groups in total. The number of fused-ring (bicyclic) bond motifs is 3. The number of carbonyl (C=O) groups is 2. The first kappa shape index (κ1) is 15.7. The highest BCUT2D eigenvalue weighted by atomic mass is 31.1. The van der Waals surface area contributed by atoms with Gasteiger partial charge in [-0.1, -0.05) is 42.5 Å². The van der Waals surface area contributed by atoms with E-state index in [9.17, 15) is 19.8 Å². The fraction of sp³-hybridized carbons (Fsp3) is 0.222. The standard InChI is InChI=1S/C18H17O4P/c1-23-18(17(21)22,10-16(19)20)15-8-4-7-13-12-6-3-2-5-11(12)9-14(13)15/h2-8,23H,9-10H2,1H3,(H,19,20)(H,21,22). The van der Waals surface area contributed by atoms with Crippen LogP contribution in [0, 0.1) is 0 Å². The van der Waals surface area contributed by atoms with Gasteiger partial charge in [-0.25, -0.2) is 0 Å². The Bertz CT molecular complexity index is 799. The van der Waals surface area contributed by atoms with E-state index in [1.54, 1.807) is 12.7 Å². The molecule has 0 bridgehead atoms. The first-order chi connectivity index (χ1) is 11.0. The van der Waals surface area contributed by atoms with Crippen LogP contribution in [0.5, 0.6) is 0 Å². The van der Waals surface area contributed by atoms with E-state index >= 15 is 0 Å². The number of carboxylic acids is 2. The zero-order valence-corrected chi connectivity index (χ0v) is 13.7. The van der Waals surface area contributed by atoms with Crippen LogP contribution < -0.4 is 0 Å². The molecule has 1 aliphatic carbocycles. The maximum absolute atomic E-state index is 12.0. The Morgan fingerprint density at radius 1 is 1.09 bits per heavy atom. The fourth-order valence-electron chi connectivity index (χ4n) is 3.40. The lowest BCUT2D eigenvalue weighted by Gasteiger charge is -2.29. The van der Waals surface area contributed by atoms with Gasteiger partial charge in [0.05, 0.1) is 6.42 Å². The van der Waals surface area contributed by atoms with Crippen molar-refractivity contribution in [2.45, 2.75) is 18.0 Å². The molecule has 2 aromatic rings. The molecule has 118 valence electrons. The van der Waals surface area contributed by atoms with Crippen molar-refractivity contribution in [2.24, 2.45) is 0 Å². The summed E-state index contributed by atoms with van der Waals surface area (Å²) in [4.78, 5) is 23.3. The van der Waals surface area contributed by atoms with Crippen LogP contribution in [0.4, 0.5) is 0 Å². The van der Waals surface area contributed by atoms with Crippen molar-refractivity contribution in [3.63, 3.8) is 0 Å². The third kappa shape index (κ3) is 2.43. The smallest absolute Gasteiger partial charge is 0.318 e. The first-order valence-corrected chi connectivity index (χ1v) is 8.84. The lowest BCUT2D eigenvalue weighted by Crippen LogP contribution is -2.34. The summed E-state index contributed by atoms with van der Waals surface area (Å²) >= 11 is 0. The van der Waals surface area contributed by atoms with Crippen molar-refractivity contribution in [1.82, 2.24) is 0 Å². The topological polar surface area (TPSA) is 74.6 Å². The van der Waals surface area contributed by atoms with Gasteiger partial charge in [0.25, 0.3) is 0 Å². The van der Waals surface area contributed by atoms with Gasteiger partial charge in [0.1, 0.15) is 5.16 Å². The van der Waals surface area contributed by atoms with Gasteiger partial charge in [0.2, 0.25) is 0 Å². The third-order valence-electron chi connectivity index (χ3n) is 4.52. The predicted molar refractivity (Wildman–Crippen MR) is 90.5 cm³/mol. The highest BCUT2D eigenvalue weighted by Gasteiger charge is 2.43. The van der Waals surface area contributed by atoms with Crippen molar-refractivity contribution >= 4 is 20.5 Å². The number of hydrogen-bond acceptors (Lipinski definition) is 2. The van der Waals surface area contributed by atoms with Crippen molar-refractivity contribution in [3.8, 4) is 11.1 Å². The zero-order valence-electron chi connectivity index (χ0n) is 12.7. The number of carboxylic acid groups (broad SMARTS) is 2. The zero-order chi connectivity index (χ0) is 16.6. The highest BCUT2D eigenvalue weighted by Crippen LogP contribution is 2.49. The average Bonchev–Trinajstić information content (AvgIpc) is 2.91. The molecule has 0 amide bonds. The summed E-state index contributed by atoms with van der Waals surface area (Å²) in [5.74, 6) is -2.15. The van der Waals surface area contributed by atoms with Gasteiger partial charge >= 0.3 is 11.9 Å². The molecular weight excluding hydrogens is 311 g/mol. The van der Waals surface area contributed by atoms with Gasteiger partial charge in [0.15, 0.2) is 0 Å². The Kier molecular flexibility index (Phi) is 3.95. The van der Waals surface area contributed by atoms with E-state index in [1.165, 1.54) is 0 Å². The minimum Gasteiger partial charge on any atom is -0.481 e. The summed E-state index contributed by atoms with van der Waals surface area (Å²) in [6.07, 6.45) is 0.255. The molecule has 0 aromatic heterocycles. The summed E-state index contributed by atoms with van der Waals surface area (Å²) in [7, 11) is -0.0404. The number of hydrogen-bond donors (Lipinski definition) is 2. The van der Waals surface area contributed by atoms with E-state index < -0.39 is 23.5 Å². The number of aliphatic carboxylic acids is 2. The molecule has 4 nitrogen and oxygen atoms in total. The van der Waals surface area contributed by atoms with Crippen LogP contribution in [-0.2, 0) is 21.2 Å². The second-order valence-electron chi connectivity index (χ2n) is 5.70. The molecule has 5 heteroatoms. The molecular formula is C18H17O4P. The Morgan fingerprint density at radius 3 is 2.43 bits per heavy atom. The summed E-state index contributed by atoms with van der Waals surface area (Å²) in [6.45, 7) is 1.76. The highest BCUT2D eigenvalue weighted by molar-refractivity contribution is 7.40. The van der Waals surface area contributed by atoms with Crippen molar-refractivity contribution in [3.05, 3.63) is 59.2 Å². The summed E-state index contributed by atoms with van der Waals surface area (Å²) in [6, 6.07) is 13.6. The summed E-state index contributed by atoms with van der Waals surface area (Å²) in [5, 5.41) is 17.7. The molecule has 1 aliphatic rings. The van der Waals surface area contributed by atoms with Crippen LogP contribution >= 0.6 is 8.58 Å². The summed E-state index contributed by atoms with van der Waals surface area (Å²) < 4.78 is 0. The quantitative estimate of drug-likeness (QED) is 0.705. The maximum Gasteiger partial charge on any atom is 0.318 e. The molecule has 2 aromatic carbocycles. The monoisotopic (exact) mass is 328 g/mol. The molecule has 2 atom stereocenters. The van der Waals surface area contributed by atoms with Gasteiger partial charge in [-0.05, 0) is 40.9 Å². The van der Waals surface area contributed by atoms with Crippen LogP contribution in [0.15, 0.2) is 42.5 Å². The molecule has 0 radical (unpaired) electrons. The van der Waals surface area contributed by atoms with Gasteiger partial charge in [-0.3, -0.25) is 9.59 Å². The van der Waals surface area contributed by atoms with Gasteiger partial charge < -0.3 is 10.2 Å². The van der Waals surface area contributed by atoms with Crippen LogP contribution in [-0.4, -0.2) is 28.8 Å². The molecule has 0 fully saturated rings. The Balaban J connectivity index is 2.21. The molecule has 0 saturated heterocycles. The van der Waals surface area contributed by atoms with Gasteiger partial charge in [-0.2, -0.15) is 0 Å². The second-order valence-corrected chi connectivity index (χ2v) is 7.05. The number of rotatable bonds is 5. The summed E-state index contributed by atoms with van der Waals surface area (Å²) in [5.41, 5.74) is 4.88. The van der Waals surface area contributed by atoms with E-state index in [-0.39, 0.29) is 8.58 Å². The minimum atomic E-state index is -1.36. The minimum absolute atomic E-state index is 0.0404. The van der Waals surface area contributed by atoms with E-state index in [2.05, 4.69) is 0 Å². The van der Waals surface area contributed by atoms with Crippen LogP contribution in [0.25, 0.3) is 11.1 Å². The van der Waals surface area contributed by atoms with E-state index in [0.29, 0.717) is 12.0 Å². The normalized spacial score (nSPS) is 15.2. The molecule has 3 rings (SSSR count). The van der Waals surface area contributed by atoms with Crippen LogP contribution in [0.1, 0.15) is 23.1 Å². The molecule has 23 heavy (non-hydrogen) atoms. The second kappa shape index (κ2) is 5.78. The molecule has 2 unspecified atom stereocenters. The lowest BCUT2D eigenvalue weighted by molar-refractivity contribution is -0.146. The average molecular weight is 328 g/mol. The Labute approximate surface area is 135 Å². The van der Waals surface area contributed by atoms with E-state index in [4.69, 9.17) is 0 Å². The molecule has 0 aliphatic heterocycles. The molecule has 0 heterocycles. The largest absolute Gasteiger partial charge is 0.481 e. The van der Waals surface area contributed by atoms with Gasteiger partial charge in [0, 0.05) is 0 Å². The Hall–Kier alpha value is -2.19. The molecule has 0 saturated carbocycles.